The predicted octanol–water partition coefficient (Wildman–Crippen LogP) is 5.07. The molecule has 0 aliphatic heterocycles. The van der Waals surface area contributed by atoms with Gasteiger partial charge in [-0.05, 0) is 41.5 Å². The molecule has 0 heterocycles. The minimum Gasteiger partial charge on any atom is -0.489 e. The maximum atomic E-state index is 12.2. The predicted molar refractivity (Wildman–Crippen MR) is 104 cm³/mol. The molecule has 0 atom stereocenters. The van der Waals surface area contributed by atoms with E-state index in [-0.39, 0.29) is 11.5 Å². The van der Waals surface area contributed by atoms with Crippen LogP contribution in [0.4, 0.5) is 5.69 Å². The van der Waals surface area contributed by atoms with Gasteiger partial charge in [0.1, 0.15) is 12.4 Å². The van der Waals surface area contributed by atoms with Crippen molar-refractivity contribution in [3.05, 3.63) is 112 Å². The number of non-ortho nitro benzene ring substituents is 1. The number of carbonyl (C=O) groups is 1. The summed E-state index contributed by atoms with van der Waals surface area (Å²) < 4.78 is 5.78. The van der Waals surface area contributed by atoms with Gasteiger partial charge in [-0.2, -0.15) is 0 Å². The molecule has 5 nitrogen and oxygen atoms in total. The number of hydrogen-bond donors (Lipinski definition) is 0. The van der Waals surface area contributed by atoms with Crippen LogP contribution in [0, 0.1) is 10.1 Å². The molecular formula is C22H17NO4. The molecule has 3 aromatic rings. The lowest BCUT2D eigenvalue weighted by Crippen LogP contribution is -1.96. The van der Waals surface area contributed by atoms with Gasteiger partial charge in [-0.1, -0.05) is 48.5 Å². The monoisotopic (exact) mass is 359 g/mol. The van der Waals surface area contributed by atoms with E-state index in [9.17, 15) is 14.9 Å². The summed E-state index contributed by atoms with van der Waals surface area (Å²) in [6.45, 7) is 0.468. The van der Waals surface area contributed by atoms with Gasteiger partial charge in [0.2, 0.25) is 0 Å². The quantitative estimate of drug-likeness (QED) is 0.256. The number of benzene rings is 3. The van der Waals surface area contributed by atoms with Crippen LogP contribution in [-0.2, 0) is 6.61 Å². The van der Waals surface area contributed by atoms with Crippen LogP contribution in [0.1, 0.15) is 21.5 Å². The van der Waals surface area contributed by atoms with Crippen LogP contribution in [0.25, 0.3) is 6.08 Å². The SMILES string of the molecule is O=C(/C=C/c1cccc(OCc2ccccc2)c1)c1ccc([N+](=O)[O-])cc1. The molecule has 0 aromatic heterocycles. The highest BCUT2D eigenvalue weighted by molar-refractivity contribution is 6.06. The first kappa shape index (κ1) is 18.1. The van der Waals surface area contributed by atoms with E-state index in [0.29, 0.717) is 17.9 Å². The Hall–Kier alpha value is -3.73. The summed E-state index contributed by atoms with van der Waals surface area (Å²) in [5.74, 6) is 0.490. The summed E-state index contributed by atoms with van der Waals surface area (Å²) in [5.41, 5.74) is 2.26. The molecule has 3 rings (SSSR count). The Morgan fingerprint density at radius 3 is 2.41 bits per heavy atom. The summed E-state index contributed by atoms with van der Waals surface area (Å²) in [6, 6.07) is 22.8. The van der Waals surface area contributed by atoms with Gasteiger partial charge >= 0.3 is 0 Å². The van der Waals surface area contributed by atoms with Crippen molar-refractivity contribution < 1.29 is 14.5 Å². The van der Waals surface area contributed by atoms with Gasteiger partial charge in [-0.3, -0.25) is 14.9 Å². The summed E-state index contributed by atoms with van der Waals surface area (Å²) in [4.78, 5) is 22.4. The number of carbonyl (C=O) groups excluding carboxylic acids is 1. The standard InChI is InChI=1S/C22H17NO4/c24-22(19-10-12-20(13-11-19)23(25)26)14-9-17-7-4-8-21(15-17)27-16-18-5-2-1-3-6-18/h1-15H,16H2/b14-9+. The summed E-state index contributed by atoms with van der Waals surface area (Å²) >= 11 is 0. The molecule has 0 unspecified atom stereocenters. The first-order valence-corrected chi connectivity index (χ1v) is 8.35. The largest absolute Gasteiger partial charge is 0.489 e. The van der Waals surface area contributed by atoms with Gasteiger partial charge in [0, 0.05) is 17.7 Å². The Bertz CT molecular complexity index is 963. The first-order valence-electron chi connectivity index (χ1n) is 8.35. The van der Waals surface area contributed by atoms with Crippen LogP contribution in [0.15, 0.2) is 84.9 Å². The number of nitro benzene ring substituents is 1. The summed E-state index contributed by atoms with van der Waals surface area (Å²) in [6.07, 6.45) is 3.14. The second-order valence-electron chi connectivity index (χ2n) is 5.85. The van der Waals surface area contributed by atoms with E-state index >= 15 is 0 Å². The number of allylic oxidation sites excluding steroid dienone is 1. The van der Waals surface area contributed by atoms with Crippen molar-refractivity contribution >= 4 is 17.5 Å². The highest BCUT2D eigenvalue weighted by atomic mass is 16.6. The molecule has 3 aromatic carbocycles. The average molecular weight is 359 g/mol. The van der Waals surface area contributed by atoms with Crippen LogP contribution >= 0.6 is 0 Å². The van der Waals surface area contributed by atoms with E-state index in [0.717, 1.165) is 11.1 Å². The van der Waals surface area contributed by atoms with Gasteiger partial charge in [0.05, 0.1) is 4.92 Å². The number of ketones is 1. The Morgan fingerprint density at radius 2 is 1.70 bits per heavy atom. The zero-order valence-corrected chi connectivity index (χ0v) is 14.4. The van der Waals surface area contributed by atoms with Gasteiger partial charge in [0.15, 0.2) is 5.78 Å². The maximum absolute atomic E-state index is 12.2. The van der Waals surface area contributed by atoms with Crippen LogP contribution in [0.5, 0.6) is 5.75 Å². The number of rotatable bonds is 7. The third-order valence-electron chi connectivity index (χ3n) is 3.90. The van der Waals surface area contributed by atoms with Crippen molar-refractivity contribution in [3.8, 4) is 5.75 Å². The zero-order valence-electron chi connectivity index (χ0n) is 14.4. The lowest BCUT2D eigenvalue weighted by molar-refractivity contribution is -0.384. The Kier molecular flexibility index (Phi) is 5.74. The fourth-order valence-corrected chi connectivity index (χ4v) is 2.46. The molecule has 0 saturated heterocycles. The molecule has 27 heavy (non-hydrogen) atoms. The molecule has 0 aliphatic rings. The Labute approximate surface area is 156 Å². The van der Waals surface area contributed by atoms with Gasteiger partial charge in [-0.15, -0.1) is 0 Å². The number of nitro groups is 1. The lowest BCUT2D eigenvalue weighted by Gasteiger charge is -2.06. The van der Waals surface area contributed by atoms with Crippen LogP contribution in [-0.4, -0.2) is 10.7 Å². The molecule has 0 saturated carbocycles. The summed E-state index contributed by atoms with van der Waals surface area (Å²) in [5, 5.41) is 10.7. The van der Waals surface area contributed by atoms with Crippen LogP contribution in [0.3, 0.4) is 0 Å². The molecule has 0 radical (unpaired) electrons. The van der Waals surface area contributed by atoms with Crippen molar-refractivity contribution in [2.45, 2.75) is 6.61 Å². The molecule has 0 fully saturated rings. The third kappa shape index (κ3) is 5.12. The molecule has 5 heteroatoms. The molecule has 0 aliphatic carbocycles. The minimum atomic E-state index is -0.495. The van der Waals surface area contributed by atoms with Gasteiger partial charge in [0.25, 0.3) is 5.69 Å². The Balaban J connectivity index is 1.64. The smallest absolute Gasteiger partial charge is 0.269 e. The number of nitrogens with zero attached hydrogens (tertiary/aromatic N) is 1. The topological polar surface area (TPSA) is 69.4 Å². The second-order valence-corrected chi connectivity index (χ2v) is 5.85. The molecular weight excluding hydrogens is 342 g/mol. The van der Waals surface area contributed by atoms with Crippen molar-refractivity contribution in [3.63, 3.8) is 0 Å². The van der Waals surface area contributed by atoms with E-state index in [2.05, 4.69) is 0 Å². The second kappa shape index (κ2) is 8.58. The number of hydrogen-bond acceptors (Lipinski definition) is 4. The maximum Gasteiger partial charge on any atom is 0.269 e. The molecule has 0 bridgehead atoms. The van der Waals surface area contributed by atoms with E-state index in [1.807, 2.05) is 54.6 Å². The fraction of sp³-hybridized carbons (Fsp3) is 0.0455. The molecule has 0 amide bonds. The molecule has 134 valence electrons. The van der Waals surface area contributed by atoms with E-state index < -0.39 is 4.92 Å². The summed E-state index contributed by atoms with van der Waals surface area (Å²) in [7, 11) is 0. The Morgan fingerprint density at radius 1 is 0.963 bits per heavy atom. The van der Waals surface area contributed by atoms with E-state index in [1.54, 1.807) is 6.08 Å². The first-order chi connectivity index (χ1) is 13.1. The highest BCUT2D eigenvalue weighted by Crippen LogP contribution is 2.17. The molecule has 0 spiro atoms. The van der Waals surface area contributed by atoms with Crippen LogP contribution < -0.4 is 4.74 Å². The average Bonchev–Trinajstić information content (AvgIpc) is 2.71. The third-order valence-corrected chi connectivity index (χ3v) is 3.90. The van der Waals surface area contributed by atoms with Crippen molar-refractivity contribution in [2.75, 3.05) is 0 Å². The van der Waals surface area contributed by atoms with Crippen molar-refractivity contribution in [1.82, 2.24) is 0 Å². The van der Waals surface area contributed by atoms with Crippen molar-refractivity contribution in [1.29, 1.82) is 0 Å². The number of ether oxygens (including phenoxy) is 1. The molecule has 0 N–H and O–H groups in total. The highest BCUT2D eigenvalue weighted by Gasteiger charge is 2.07. The lowest BCUT2D eigenvalue weighted by atomic mass is 10.1. The minimum absolute atomic E-state index is 0.0428. The van der Waals surface area contributed by atoms with Crippen LogP contribution in [0.2, 0.25) is 0 Å². The van der Waals surface area contributed by atoms with E-state index in [4.69, 9.17) is 4.74 Å². The van der Waals surface area contributed by atoms with Crippen molar-refractivity contribution in [2.24, 2.45) is 0 Å². The zero-order chi connectivity index (χ0) is 19.1. The fourth-order valence-electron chi connectivity index (χ4n) is 2.46. The van der Waals surface area contributed by atoms with E-state index in [1.165, 1.54) is 30.3 Å². The van der Waals surface area contributed by atoms with Gasteiger partial charge < -0.3 is 4.74 Å². The van der Waals surface area contributed by atoms with Gasteiger partial charge in [-0.25, -0.2) is 0 Å². The normalized spacial score (nSPS) is 10.7.